The zero-order chi connectivity index (χ0) is 25.2. The molecule has 0 saturated heterocycles. The van der Waals surface area contributed by atoms with Crippen LogP contribution in [-0.2, 0) is 11.4 Å². The smallest absolute Gasteiger partial charge is 0.283 e. The highest BCUT2D eigenvalue weighted by Gasteiger charge is 2.36. The average Bonchev–Trinajstić information content (AvgIpc) is 3.30. The van der Waals surface area contributed by atoms with Crippen LogP contribution in [0.25, 0.3) is 6.08 Å². The largest absolute Gasteiger partial charge is 0.493 e. The predicted octanol–water partition coefficient (Wildman–Crippen LogP) is 5.30. The highest BCUT2D eigenvalue weighted by molar-refractivity contribution is 8.27. The summed E-state index contributed by atoms with van der Waals surface area (Å²) in [6, 6.07) is 15.0. The first-order chi connectivity index (χ1) is 17.4. The van der Waals surface area contributed by atoms with Gasteiger partial charge in [0.05, 0.1) is 17.7 Å². The van der Waals surface area contributed by atoms with Gasteiger partial charge in [-0.25, -0.2) is 0 Å². The Labute approximate surface area is 216 Å². The molecule has 2 aromatic carbocycles. The molecule has 2 aliphatic rings. The van der Waals surface area contributed by atoms with Crippen LogP contribution in [0.1, 0.15) is 22.3 Å². The minimum absolute atomic E-state index is 0.0775. The number of ether oxygens (including phenoxy) is 2. The SMILES string of the molecule is COc1cc(C=C2C(=N)N3N=C(c4cccnc4)SC3=NC2=O)cc(Cl)c1OCc1cccc(C)c1. The van der Waals surface area contributed by atoms with Gasteiger partial charge in [-0.1, -0.05) is 41.4 Å². The summed E-state index contributed by atoms with van der Waals surface area (Å²) in [6.07, 6.45) is 4.88. The first-order valence-corrected chi connectivity index (χ1v) is 12.1. The van der Waals surface area contributed by atoms with E-state index in [1.165, 1.54) is 23.9 Å². The molecule has 2 aliphatic heterocycles. The first kappa shape index (κ1) is 23.8. The lowest BCUT2D eigenvalue weighted by Gasteiger charge is -2.20. The molecule has 0 fully saturated rings. The van der Waals surface area contributed by atoms with E-state index < -0.39 is 5.91 Å². The van der Waals surface area contributed by atoms with E-state index in [2.05, 4.69) is 15.1 Å². The van der Waals surface area contributed by atoms with Gasteiger partial charge in [-0.15, -0.1) is 0 Å². The molecule has 0 bridgehead atoms. The Morgan fingerprint density at radius 2 is 2.06 bits per heavy atom. The topological polar surface area (TPSA) is 100 Å². The van der Waals surface area contributed by atoms with E-state index in [-0.39, 0.29) is 11.4 Å². The van der Waals surface area contributed by atoms with Gasteiger partial charge < -0.3 is 9.47 Å². The molecule has 5 rings (SSSR count). The number of carbonyl (C=O) groups is 1. The number of carbonyl (C=O) groups excluding carboxylic acids is 1. The number of rotatable bonds is 6. The Kier molecular flexibility index (Phi) is 6.58. The second-order valence-corrected chi connectivity index (χ2v) is 9.34. The maximum atomic E-state index is 12.8. The second-order valence-electron chi connectivity index (χ2n) is 7.98. The third kappa shape index (κ3) is 4.75. The molecule has 8 nitrogen and oxygen atoms in total. The lowest BCUT2D eigenvalue weighted by atomic mass is 10.1. The lowest BCUT2D eigenvalue weighted by Crippen LogP contribution is -2.35. The Morgan fingerprint density at radius 3 is 2.81 bits per heavy atom. The fourth-order valence-corrected chi connectivity index (χ4v) is 4.84. The van der Waals surface area contributed by atoms with Gasteiger partial charge in [0.1, 0.15) is 11.7 Å². The summed E-state index contributed by atoms with van der Waals surface area (Å²) >= 11 is 7.75. The van der Waals surface area contributed by atoms with Crippen LogP contribution in [0.5, 0.6) is 11.5 Å². The molecule has 0 atom stereocenters. The number of aryl methyl sites for hydroxylation is 1. The van der Waals surface area contributed by atoms with E-state index in [1.54, 1.807) is 36.7 Å². The minimum atomic E-state index is -0.531. The molecule has 0 unspecified atom stereocenters. The van der Waals surface area contributed by atoms with E-state index in [1.807, 2.05) is 37.3 Å². The van der Waals surface area contributed by atoms with Crippen LogP contribution in [0, 0.1) is 12.3 Å². The first-order valence-electron chi connectivity index (χ1n) is 10.9. The Balaban J connectivity index is 1.41. The number of nitrogens with one attached hydrogen (secondary N) is 1. The maximum absolute atomic E-state index is 12.8. The molecule has 0 radical (unpaired) electrons. The standard InChI is InChI=1S/C26H20ClN5O3S/c1-15-5-3-6-16(9-15)14-35-22-20(27)11-17(12-21(22)34-2)10-19-23(28)32-26(30-24(19)33)36-25(31-32)18-7-4-8-29-13-18/h3-13,28H,14H2,1-2H3. The van der Waals surface area contributed by atoms with E-state index in [4.69, 9.17) is 26.5 Å². The quantitative estimate of drug-likeness (QED) is 0.445. The molecule has 1 N–H and O–H groups in total. The van der Waals surface area contributed by atoms with Gasteiger partial charge >= 0.3 is 0 Å². The van der Waals surface area contributed by atoms with Crippen LogP contribution in [-0.4, -0.2) is 39.1 Å². The normalized spacial score (nSPS) is 16.1. The highest BCUT2D eigenvalue weighted by atomic mass is 35.5. The summed E-state index contributed by atoms with van der Waals surface area (Å²) in [7, 11) is 1.52. The third-order valence-corrected chi connectivity index (χ3v) is 6.63. The number of methoxy groups -OCH3 is 1. The number of nitrogens with zero attached hydrogens (tertiary/aromatic N) is 4. The van der Waals surface area contributed by atoms with Crippen LogP contribution in [0.3, 0.4) is 0 Å². The molecule has 0 spiro atoms. The van der Waals surface area contributed by atoms with Crippen molar-refractivity contribution in [2.24, 2.45) is 10.1 Å². The van der Waals surface area contributed by atoms with Crippen molar-refractivity contribution in [1.82, 2.24) is 9.99 Å². The molecule has 0 aliphatic carbocycles. The van der Waals surface area contributed by atoms with Crippen molar-refractivity contribution in [3.63, 3.8) is 0 Å². The van der Waals surface area contributed by atoms with E-state index in [0.717, 1.165) is 16.7 Å². The number of halogens is 1. The molecule has 10 heteroatoms. The van der Waals surface area contributed by atoms with Crippen LogP contribution in [0.2, 0.25) is 5.02 Å². The number of hydrogen-bond donors (Lipinski definition) is 1. The molecule has 36 heavy (non-hydrogen) atoms. The van der Waals surface area contributed by atoms with Crippen molar-refractivity contribution in [2.75, 3.05) is 7.11 Å². The Bertz CT molecular complexity index is 1470. The van der Waals surface area contributed by atoms with Crippen molar-refractivity contribution >= 4 is 51.4 Å². The third-order valence-electron chi connectivity index (χ3n) is 5.39. The number of amides is 1. The van der Waals surface area contributed by atoms with Gasteiger partial charge in [0.15, 0.2) is 17.3 Å². The van der Waals surface area contributed by atoms with Crippen molar-refractivity contribution in [3.8, 4) is 11.5 Å². The molecule has 0 saturated carbocycles. The fourth-order valence-electron chi connectivity index (χ4n) is 3.69. The minimum Gasteiger partial charge on any atom is -0.493 e. The number of thioether (sulfide) groups is 1. The van der Waals surface area contributed by atoms with Gasteiger partial charge in [0.2, 0.25) is 5.17 Å². The van der Waals surface area contributed by atoms with E-state index >= 15 is 0 Å². The molecule has 180 valence electrons. The summed E-state index contributed by atoms with van der Waals surface area (Å²) in [4.78, 5) is 21.0. The number of aliphatic imine (C=N–C) groups is 1. The van der Waals surface area contributed by atoms with Crippen molar-refractivity contribution in [2.45, 2.75) is 13.5 Å². The second kappa shape index (κ2) is 9.96. The van der Waals surface area contributed by atoms with Gasteiger partial charge in [-0.05, 0) is 60.2 Å². The van der Waals surface area contributed by atoms with Crippen molar-refractivity contribution < 1.29 is 14.3 Å². The summed E-state index contributed by atoms with van der Waals surface area (Å²) in [5, 5.41) is 15.7. The number of aromatic nitrogens is 1. The predicted molar refractivity (Wildman–Crippen MR) is 142 cm³/mol. The monoisotopic (exact) mass is 517 g/mol. The van der Waals surface area contributed by atoms with Crippen LogP contribution < -0.4 is 9.47 Å². The van der Waals surface area contributed by atoms with Crippen LogP contribution >= 0.6 is 23.4 Å². The van der Waals surface area contributed by atoms with Crippen molar-refractivity contribution in [1.29, 1.82) is 5.41 Å². The Morgan fingerprint density at radius 1 is 1.19 bits per heavy atom. The fraction of sp³-hybridized carbons (Fsp3) is 0.115. The molecular formula is C26H20ClN5O3S. The van der Waals surface area contributed by atoms with Gasteiger partial charge in [0, 0.05) is 18.0 Å². The molecule has 1 aromatic heterocycles. The summed E-state index contributed by atoms with van der Waals surface area (Å²) in [6.45, 7) is 2.34. The average molecular weight is 518 g/mol. The molecule has 3 heterocycles. The van der Waals surface area contributed by atoms with Crippen LogP contribution in [0.4, 0.5) is 0 Å². The number of pyridine rings is 1. The summed E-state index contributed by atoms with van der Waals surface area (Å²) in [5.74, 6) is 0.201. The summed E-state index contributed by atoms with van der Waals surface area (Å²) in [5.41, 5.74) is 3.57. The highest BCUT2D eigenvalue weighted by Crippen LogP contribution is 2.38. The number of hydrazone groups is 1. The van der Waals surface area contributed by atoms with E-state index in [0.29, 0.717) is 38.9 Å². The van der Waals surface area contributed by atoms with E-state index in [9.17, 15) is 4.79 Å². The van der Waals surface area contributed by atoms with Crippen LogP contribution in [0.15, 0.2) is 76.6 Å². The molecule has 1 amide bonds. The van der Waals surface area contributed by atoms with Crippen molar-refractivity contribution in [3.05, 3.63) is 93.8 Å². The lowest BCUT2D eigenvalue weighted by molar-refractivity contribution is -0.114. The Hall–Kier alpha value is -3.95. The zero-order valence-electron chi connectivity index (χ0n) is 19.4. The maximum Gasteiger partial charge on any atom is 0.283 e. The zero-order valence-corrected chi connectivity index (χ0v) is 20.9. The van der Waals surface area contributed by atoms with Gasteiger partial charge in [-0.2, -0.15) is 15.1 Å². The van der Waals surface area contributed by atoms with Gasteiger partial charge in [-0.3, -0.25) is 15.2 Å². The van der Waals surface area contributed by atoms with Gasteiger partial charge in [0.25, 0.3) is 5.91 Å². The number of hydrogen-bond acceptors (Lipinski definition) is 7. The molecule has 3 aromatic rings. The number of amidine groups is 2. The molecular weight excluding hydrogens is 498 g/mol. The number of fused-ring (bicyclic) bond motifs is 1. The number of benzene rings is 2. The summed E-state index contributed by atoms with van der Waals surface area (Å²) < 4.78 is 11.5.